The molecule has 1 heterocycles. The Morgan fingerprint density at radius 3 is 2.81 bits per heavy atom. The first-order chi connectivity index (χ1) is 9.99. The van der Waals surface area contributed by atoms with Crippen molar-refractivity contribution in [2.24, 2.45) is 0 Å². The van der Waals surface area contributed by atoms with Crippen molar-refractivity contribution in [1.82, 2.24) is 14.9 Å². The first-order valence-electron chi connectivity index (χ1n) is 6.30. The summed E-state index contributed by atoms with van der Waals surface area (Å²) in [5, 5.41) is 18.0. The van der Waals surface area contributed by atoms with Gasteiger partial charge in [0.05, 0.1) is 17.4 Å². The van der Waals surface area contributed by atoms with Gasteiger partial charge in [-0.05, 0) is 26.0 Å². The van der Waals surface area contributed by atoms with Gasteiger partial charge in [0.15, 0.2) is 5.82 Å². The van der Waals surface area contributed by atoms with E-state index in [1.807, 2.05) is 0 Å². The van der Waals surface area contributed by atoms with Crippen LogP contribution in [0.3, 0.4) is 0 Å². The van der Waals surface area contributed by atoms with Crippen molar-refractivity contribution in [2.45, 2.75) is 25.1 Å². The SMILES string of the molecule is CC(C)OC(=O)CSc1nnc(-c2ccccc2O)n1N. The third-order valence-electron chi connectivity index (χ3n) is 2.50. The number of aromatic hydroxyl groups is 1. The highest BCUT2D eigenvalue weighted by Crippen LogP contribution is 2.28. The minimum Gasteiger partial charge on any atom is -0.507 e. The van der Waals surface area contributed by atoms with Crippen LogP contribution in [-0.2, 0) is 9.53 Å². The van der Waals surface area contributed by atoms with Crippen molar-refractivity contribution < 1.29 is 14.6 Å². The number of hydrogen-bond donors (Lipinski definition) is 2. The molecular formula is C13H16N4O3S. The quantitative estimate of drug-likeness (QED) is 0.489. The van der Waals surface area contributed by atoms with Crippen molar-refractivity contribution in [3.63, 3.8) is 0 Å². The first-order valence-corrected chi connectivity index (χ1v) is 7.28. The van der Waals surface area contributed by atoms with E-state index in [4.69, 9.17) is 10.6 Å². The highest BCUT2D eigenvalue weighted by Gasteiger charge is 2.16. The number of rotatable bonds is 5. The van der Waals surface area contributed by atoms with Crippen LogP contribution in [0.25, 0.3) is 11.4 Å². The van der Waals surface area contributed by atoms with Crippen molar-refractivity contribution in [1.29, 1.82) is 0 Å². The van der Waals surface area contributed by atoms with E-state index < -0.39 is 0 Å². The van der Waals surface area contributed by atoms with E-state index in [0.717, 1.165) is 11.8 Å². The number of esters is 1. The molecular weight excluding hydrogens is 292 g/mol. The number of carbonyl (C=O) groups is 1. The van der Waals surface area contributed by atoms with E-state index in [1.165, 1.54) is 10.7 Å². The second-order valence-electron chi connectivity index (χ2n) is 4.52. The average molecular weight is 308 g/mol. The molecule has 0 spiro atoms. The average Bonchev–Trinajstić information content (AvgIpc) is 2.77. The topological polar surface area (TPSA) is 103 Å². The molecule has 0 aliphatic rings. The number of para-hydroxylation sites is 1. The molecule has 21 heavy (non-hydrogen) atoms. The van der Waals surface area contributed by atoms with Crippen LogP contribution in [0.2, 0.25) is 0 Å². The molecule has 0 fully saturated rings. The number of hydrogen-bond acceptors (Lipinski definition) is 7. The minimum atomic E-state index is -0.345. The zero-order valence-electron chi connectivity index (χ0n) is 11.7. The molecule has 0 saturated heterocycles. The zero-order chi connectivity index (χ0) is 15.4. The summed E-state index contributed by atoms with van der Waals surface area (Å²) in [7, 11) is 0. The summed E-state index contributed by atoms with van der Waals surface area (Å²) in [6.07, 6.45) is -0.161. The van der Waals surface area contributed by atoms with E-state index in [0.29, 0.717) is 16.5 Å². The Labute approximate surface area is 126 Å². The van der Waals surface area contributed by atoms with Crippen molar-refractivity contribution >= 4 is 17.7 Å². The number of carbonyl (C=O) groups excluding carboxylic acids is 1. The number of phenolic OH excluding ortho intramolecular Hbond substituents is 1. The van der Waals surface area contributed by atoms with Gasteiger partial charge < -0.3 is 15.7 Å². The monoisotopic (exact) mass is 308 g/mol. The van der Waals surface area contributed by atoms with Gasteiger partial charge in [-0.1, -0.05) is 23.9 Å². The van der Waals surface area contributed by atoms with Crippen LogP contribution in [0.15, 0.2) is 29.4 Å². The molecule has 0 unspecified atom stereocenters. The van der Waals surface area contributed by atoms with Crippen LogP contribution < -0.4 is 5.84 Å². The second kappa shape index (κ2) is 6.49. The molecule has 0 atom stereocenters. The molecule has 3 N–H and O–H groups in total. The highest BCUT2D eigenvalue weighted by molar-refractivity contribution is 7.99. The van der Waals surface area contributed by atoms with Crippen LogP contribution in [0.4, 0.5) is 0 Å². The van der Waals surface area contributed by atoms with E-state index in [9.17, 15) is 9.90 Å². The first kappa shape index (κ1) is 15.2. The van der Waals surface area contributed by atoms with Crippen LogP contribution in [0.5, 0.6) is 5.75 Å². The number of nitrogens with two attached hydrogens (primary N) is 1. The van der Waals surface area contributed by atoms with Crippen LogP contribution in [0, 0.1) is 0 Å². The number of nitrogens with zero attached hydrogens (tertiary/aromatic N) is 3. The molecule has 0 bridgehead atoms. The number of ether oxygens (including phenoxy) is 1. The molecule has 2 rings (SSSR count). The van der Waals surface area contributed by atoms with Gasteiger partial charge in [0.1, 0.15) is 5.75 Å². The molecule has 0 aliphatic heterocycles. The molecule has 0 amide bonds. The second-order valence-corrected chi connectivity index (χ2v) is 5.46. The number of thioether (sulfide) groups is 1. The van der Waals surface area contributed by atoms with Gasteiger partial charge in [-0.2, -0.15) is 0 Å². The number of aromatic nitrogens is 3. The largest absolute Gasteiger partial charge is 0.507 e. The lowest BCUT2D eigenvalue weighted by Crippen LogP contribution is -2.15. The van der Waals surface area contributed by atoms with E-state index in [1.54, 1.807) is 32.0 Å². The Morgan fingerprint density at radius 2 is 2.14 bits per heavy atom. The maximum Gasteiger partial charge on any atom is 0.316 e. The van der Waals surface area contributed by atoms with Crippen LogP contribution >= 0.6 is 11.8 Å². The van der Waals surface area contributed by atoms with Crippen LogP contribution in [-0.4, -0.2) is 37.8 Å². The fraction of sp³-hybridized carbons (Fsp3) is 0.308. The van der Waals surface area contributed by atoms with Gasteiger partial charge in [-0.25, -0.2) is 4.68 Å². The number of phenols is 1. The Hall–Kier alpha value is -2.22. The lowest BCUT2D eigenvalue weighted by molar-refractivity contribution is -0.144. The summed E-state index contributed by atoms with van der Waals surface area (Å²) < 4.78 is 6.26. The third-order valence-corrected chi connectivity index (χ3v) is 3.41. The molecule has 7 nitrogen and oxygen atoms in total. The van der Waals surface area contributed by atoms with Gasteiger partial charge in [-0.15, -0.1) is 10.2 Å². The van der Waals surface area contributed by atoms with Gasteiger partial charge in [0, 0.05) is 0 Å². The Kier molecular flexibility index (Phi) is 4.69. The van der Waals surface area contributed by atoms with Crippen molar-refractivity contribution in [2.75, 3.05) is 11.6 Å². The summed E-state index contributed by atoms with van der Waals surface area (Å²) in [4.78, 5) is 11.5. The van der Waals surface area contributed by atoms with Gasteiger partial charge in [-0.3, -0.25) is 4.79 Å². The predicted molar refractivity (Wildman–Crippen MR) is 79.2 cm³/mol. The molecule has 2 aromatic rings. The number of nitrogen functional groups attached to an aromatic ring is 1. The molecule has 8 heteroatoms. The predicted octanol–water partition coefficient (Wildman–Crippen LogP) is 1.41. The molecule has 0 radical (unpaired) electrons. The summed E-state index contributed by atoms with van der Waals surface area (Å²) >= 11 is 1.13. The molecule has 112 valence electrons. The number of benzene rings is 1. The Morgan fingerprint density at radius 1 is 1.43 bits per heavy atom. The van der Waals surface area contributed by atoms with Crippen molar-refractivity contribution in [3.8, 4) is 17.1 Å². The molecule has 0 saturated carbocycles. The lowest BCUT2D eigenvalue weighted by Gasteiger charge is -2.07. The lowest BCUT2D eigenvalue weighted by atomic mass is 10.2. The highest BCUT2D eigenvalue weighted by atomic mass is 32.2. The minimum absolute atomic E-state index is 0.0624. The fourth-order valence-electron chi connectivity index (χ4n) is 1.64. The fourth-order valence-corrected chi connectivity index (χ4v) is 2.28. The van der Waals surface area contributed by atoms with Gasteiger partial charge >= 0.3 is 5.97 Å². The maximum absolute atomic E-state index is 11.5. The van der Waals surface area contributed by atoms with Crippen LogP contribution in [0.1, 0.15) is 13.8 Å². The normalized spacial score (nSPS) is 10.8. The zero-order valence-corrected chi connectivity index (χ0v) is 12.5. The Bertz CT molecular complexity index is 642. The van der Waals surface area contributed by atoms with Gasteiger partial charge in [0.25, 0.3) is 0 Å². The standard InChI is InChI=1S/C13H16N4O3S/c1-8(2)20-11(19)7-21-13-16-15-12(17(13)14)9-5-3-4-6-10(9)18/h3-6,8,18H,7,14H2,1-2H3. The summed E-state index contributed by atoms with van der Waals surface area (Å²) in [5.41, 5.74) is 0.476. The molecule has 1 aromatic carbocycles. The third kappa shape index (κ3) is 3.66. The maximum atomic E-state index is 11.5. The molecule has 1 aromatic heterocycles. The Balaban J connectivity index is 2.11. The summed E-state index contributed by atoms with van der Waals surface area (Å²) in [6.45, 7) is 3.56. The van der Waals surface area contributed by atoms with E-state index in [2.05, 4.69) is 10.2 Å². The smallest absolute Gasteiger partial charge is 0.316 e. The van der Waals surface area contributed by atoms with E-state index in [-0.39, 0.29) is 23.6 Å². The van der Waals surface area contributed by atoms with E-state index >= 15 is 0 Å². The van der Waals surface area contributed by atoms with Crippen molar-refractivity contribution in [3.05, 3.63) is 24.3 Å². The molecule has 0 aliphatic carbocycles. The summed E-state index contributed by atoms with van der Waals surface area (Å²) in [5.74, 6) is 6.03. The van der Waals surface area contributed by atoms with Gasteiger partial charge in [0.2, 0.25) is 5.16 Å². The summed E-state index contributed by atoms with van der Waals surface area (Å²) in [6, 6.07) is 6.69.